The molecule has 0 unspecified atom stereocenters. The van der Waals surface area contributed by atoms with E-state index >= 15 is 0 Å². The number of methoxy groups -OCH3 is 1. The van der Waals surface area contributed by atoms with Crippen molar-refractivity contribution in [3.8, 4) is 17.6 Å². The molecule has 20 heavy (non-hydrogen) atoms. The second kappa shape index (κ2) is 8.20. The van der Waals surface area contributed by atoms with Crippen LogP contribution in [-0.2, 0) is 11.3 Å². The van der Waals surface area contributed by atoms with E-state index in [-0.39, 0.29) is 19.1 Å². The van der Waals surface area contributed by atoms with Crippen molar-refractivity contribution in [3.63, 3.8) is 0 Å². The Labute approximate surface area is 119 Å². The van der Waals surface area contributed by atoms with E-state index in [1.165, 1.54) is 0 Å². The number of nitrogens with two attached hydrogens (primary N) is 1. The van der Waals surface area contributed by atoms with Crippen molar-refractivity contribution in [1.29, 1.82) is 0 Å². The van der Waals surface area contributed by atoms with Gasteiger partial charge in [0.05, 0.1) is 25.8 Å². The summed E-state index contributed by atoms with van der Waals surface area (Å²) >= 11 is 0. The first-order valence-corrected chi connectivity index (χ1v) is 6.30. The molecular weight excluding hydrogens is 256 g/mol. The monoisotopic (exact) mass is 276 g/mol. The second-order valence-corrected chi connectivity index (χ2v) is 4.45. The summed E-state index contributed by atoms with van der Waals surface area (Å²) in [5.41, 5.74) is 6.94. The minimum absolute atomic E-state index is 0.0381. The highest BCUT2D eigenvalue weighted by Gasteiger charge is 2.06. The number of aliphatic hydroxyl groups is 1. The number of ether oxygens (including phenoxy) is 1. The average molecular weight is 276 g/mol. The lowest BCUT2D eigenvalue weighted by Crippen LogP contribution is -2.30. The van der Waals surface area contributed by atoms with E-state index in [0.717, 1.165) is 11.1 Å². The highest BCUT2D eigenvalue weighted by molar-refractivity contribution is 5.75. The Bertz CT molecular complexity index is 518. The van der Waals surface area contributed by atoms with Crippen LogP contribution in [0, 0.1) is 11.8 Å². The van der Waals surface area contributed by atoms with Crippen LogP contribution in [0.15, 0.2) is 18.2 Å². The first-order chi connectivity index (χ1) is 9.56. The quantitative estimate of drug-likeness (QED) is 0.735. The molecule has 0 aromatic heterocycles. The number of rotatable bonds is 6. The molecular formula is C15H20N2O3. The molecule has 0 aliphatic rings. The molecule has 0 radical (unpaired) electrons. The SMILES string of the molecule is COc1ccc(CN(C)CC(N)=O)cc1C#CCCO. The summed E-state index contributed by atoms with van der Waals surface area (Å²) < 4.78 is 5.25. The van der Waals surface area contributed by atoms with Gasteiger partial charge in [-0.05, 0) is 24.7 Å². The molecule has 1 amide bonds. The Morgan fingerprint density at radius 3 is 2.85 bits per heavy atom. The standard InChI is InChI=1S/C15H20N2O3/c1-17(11-15(16)19)10-12-6-7-14(20-2)13(9-12)5-3-4-8-18/h6-7,9,18H,4,8,10-11H2,1-2H3,(H2,16,19). The van der Waals surface area contributed by atoms with Crippen LogP contribution in [0.5, 0.6) is 5.75 Å². The van der Waals surface area contributed by atoms with Crippen molar-refractivity contribution in [2.24, 2.45) is 5.73 Å². The fraction of sp³-hybridized carbons (Fsp3) is 0.400. The van der Waals surface area contributed by atoms with Gasteiger partial charge in [0.25, 0.3) is 0 Å². The number of benzene rings is 1. The van der Waals surface area contributed by atoms with Gasteiger partial charge in [-0.3, -0.25) is 9.69 Å². The number of hydrogen-bond donors (Lipinski definition) is 2. The molecule has 0 aliphatic carbocycles. The van der Waals surface area contributed by atoms with Crippen LogP contribution >= 0.6 is 0 Å². The maximum absolute atomic E-state index is 10.9. The number of carbonyl (C=O) groups is 1. The maximum Gasteiger partial charge on any atom is 0.231 e. The summed E-state index contributed by atoms with van der Waals surface area (Å²) in [5, 5.41) is 8.74. The highest BCUT2D eigenvalue weighted by Crippen LogP contribution is 2.19. The molecule has 0 aliphatic heterocycles. The van der Waals surface area contributed by atoms with Gasteiger partial charge in [0, 0.05) is 13.0 Å². The topological polar surface area (TPSA) is 75.8 Å². The van der Waals surface area contributed by atoms with Gasteiger partial charge in [0.1, 0.15) is 5.75 Å². The fourth-order valence-electron chi connectivity index (χ4n) is 1.80. The van der Waals surface area contributed by atoms with E-state index in [0.29, 0.717) is 18.7 Å². The van der Waals surface area contributed by atoms with Gasteiger partial charge >= 0.3 is 0 Å². The molecule has 0 saturated carbocycles. The van der Waals surface area contributed by atoms with Crippen molar-refractivity contribution in [3.05, 3.63) is 29.3 Å². The predicted octanol–water partition coefficient (Wildman–Crippen LogP) is 0.346. The third-order valence-electron chi connectivity index (χ3n) is 2.60. The summed E-state index contributed by atoms with van der Waals surface area (Å²) in [7, 11) is 3.41. The fourth-order valence-corrected chi connectivity index (χ4v) is 1.80. The molecule has 0 bridgehead atoms. The lowest BCUT2D eigenvalue weighted by atomic mass is 10.1. The third kappa shape index (κ3) is 5.31. The molecule has 0 fully saturated rings. The van der Waals surface area contributed by atoms with Crippen LogP contribution in [0.25, 0.3) is 0 Å². The van der Waals surface area contributed by atoms with Crippen molar-refractivity contribution in [2.45, 2.75) is 13.0 Å². The molecule has 1 aromatic carbocycles. The normalized spacial score (nSPS) is 10.0. The molecule has 0 saturated heterocycles. The van der Waals surface area contributed by atoms with Gasteiger partial charge < -0.3 is 15.6 Å². The average Bonchev–Trinajstić information content (AvgIpc) is 2.38. The number of likely N-dealkylation sites (N-methyl/N-ethyl adjacent to an activating group) is 1. The largest absolute Gasteiger partial charge is 0.495 e. The van der Waals surface area contributed by atoms with Gasteiger partial charge in [-0.2, -0.15) is 0 Å². The van der Waals surface area contributed by atoms with Gasteiger partial charge in [0.15, 0.2) is 0 Å². The van der Waals surface area contributed by atoms with Crippen LogP contribution in [0.2, 0.25) is 0 Å². The Hall–Kier alpha value is -2.03. The van der Waals surface area contributed by atoms with Crippen molar-refractivity contribution < 1.29 is 14.6 Å². The van der Waals surface area contributed by atoms with Gasteiger partial charge in [-0.1, -0.05) is 17.9 Å². The number of aliphatic hydroxyl groups excluding tert-OH is 1. The molecule has 3 N–H and O–H groups in total. The molecule has 0 spiro atoms. The molecule has 5 heteroatoms. The van der Waals surface area contributed by atoms with E-state index in [1.807, 2.05) is 30.1 Å². The van der Waals surface area contributed by atoms with E-state index in [9.17, 15) is 4.79 Å². The summed E-state index contributed by atoms with van der Waals surface area (Å²) in [5.74, 6) is 6.18. The Kier molecular flexibility index (Phi) is 6.57. The third-order valence-corrected chi connectivity index (χ3v) is 2.60. The lowest BCUT2D eigenvalue weighted by molar-refractivity contribution is -0.118. The number of nitrogens with zero attached hydrogens (tertiary/aromatic N) is 1. The minimum atomic E-state index is -0.357. The van der Waals surface area contributed by atoms with Crippen molar-refractivity contribution >= 4 is 5.91 Å². The molecule has 5 nitrogen and oxygen atoms in total. The molecule has 108 valence electrons. The van der Waals surface area contributed by atoms with Crippen LogP contribution in [0.1, 0.15) is 17.5 Å². The number of amides is 1. The van der Waals surface area contributed by atoms with E-state index < -0.39 is 0 Å². The maximum atomic E-state index is 10.9. The van der Waals surface area contributed by atoms with Crippen LogP contribution < -0.4 is 10.5 Å². The van der Waals surface area contributed by atoms with Crippen molar-refractivity contribution in [1.82, 2.24) is 4.90 Å². The first-order valence-electron chi connectivity index (χ1n) is 6.30. The zero-order valence-corrected chi connectivity index (χ0v) is 11.8. The highest BCUT2D eigenvalue weighted by atomic mass is 16.5. The Morgan fingerprint density at radius 2 is 2.25 bits per heavy atom. The molecule has 0 atom stereocenters. The summed E-state index contributed by atoms with van der Waals surface area (Å²) in [6, 6.07) is 5.69. The van der Waals surface area contributed by atoms with Crippen LogP contribution in [-0.4, -0.2) is 43.2 Å². The zero-order chi connectivity index (χ0) is 15.0. The van der Waals surface area contributed by atoms with Gasteiger partial charge in [0.2, 0.25) is 5.91 Å². The number of primary amides is 1. The first kappa shape index (κ1) is 16.0. The van der Waals surface area contributed by atoms with E-state index in [4.69, 9.17) is 15.6 Å². The van der Waals surface area contributed by atoms with Crippen LogP contribution in [0.3, 0.4) is 0 Å². The van der Waals surface area contributed by atoms with E-state index in [1.54, 1.807) is 7.11 Å². The predicted molar refractivity (Wildman–Crippen MR) is 77.1 cm³/mol. The summed E-state index contributed by atoms with van der Waals surface area (Å²) in [6.45, 7) is 0.843. The number of carbonyl (C=O) groups excluding carboxylic acids is 1. The van der Waals surface area contributed by atoms with Gasteiger partial charge in [-0.15, -0.1) is 0 Å². The zero-order valence-electron chi connectivity index (χ0n) is 11.8. The molecule has 1 aromatic rings. The van der Waals surface area contributed by atoms with Crippen molar-refractivity contribution in [2.75, 3.05) is 27.3 Å². The lowest BCUT2D eigenvalue weighted by Gasteiger charge is -2.15. The Balaban J connectivity index is 2.87. The second-order valence-electron chi connectivity index (χ2n) is 4.45. The minimum Gasteiger partial charge on any atom is -0.495 e. The van der Waals surface area contributed by atoms with Crippen LogP contribution in [0.4, 0.5) is 0 Å². The Morgan fingerprint density at radius 1 is 1.50 bits per heavy atom. The molecule has 1 rings (SSSR count). The summed E-state index contributed by atoms with van der Waals surface area (Å²) in [6.07, 6.45) is 0.426. The van der Waals surface area contributed by atoms with Gasteiger partial charge in [-0.25, -0.2) is 0 Å². The smallest absolute Gasteiger partial charge is 0.231 e. The molecule has 0 heterocycles. The van der Waals surface area contributed by atoms with E-state index in [2.05, 4.69) is 11.8 Å². The number of hydrogen-bond acceptors (Lipinski definition) is 4. The summed E-state index contributed by atoms with van der Waals surface area (Å²) in [4.78, 5) is 12.7.